The van der Waals surface area contributed by atoms with Crippen molar-refractivity contribution in [3.8, 4) is 0 Å². The monoisotopic (exact) mass is 423 g/mol. The van der Waals surface area contributed by atoms with Crippen molar-refractivity contribution < 1.29 is 8.42 Å². The third-order valence-corrected chi connectivity index (χ3v) is 6.34. The number of hydrogen-bond donors (Lipinski definition) is 0. The molecule has 1 fully saturated rings. The van der Waals surface area contributed by atoms with Gasteiger partial charge in [0.05, 0.1) is 5.02 Å². The smallest absolute Gasteiger partial charge is 0.244 e. The third kappa shape index (κ3) is 5.29. The van der Waals surface area contributed by atoms with Crippen LogP contribution >= 0.6 is 36.4 Å². The maximum atomic E-state index is 12.7. The van der Waals surface area contributed by atoms with Crippen molar-refractivity contribution >= 4 is 46.4 Å². The molecular formula is C16H20Cl3N3O2S. The van der Waals surface area contributed by atoms with E-state index < -0.39 is 10.0 Å². The van der Waals surface area contributed by atoms with Gasteiger partial charge in [0.15, 0.2) is 0 Å². The molecule has 138 valence electrons. The van der Waals surface area contributed by atoms with E-state index in [1.54, 1.807) is 36.7 Å². The first-order valence-electron chi connectivity index (χ1n) is 7.43. The van der Waals surface area contributed by atoms with E-state index in [-0.39, 0.29) is 34.7 Å². The van der Waals surface area contributed by atoms with Gasteiger partial charge >= 0.3 is 0 Å². The van der Waals surface area contributed by atoms with Crippen LogP contribution < -0.4 is 0 Å². The van der Waals surface area contributed by atoms with Gasteiger partial charge in [-0.25, -0.2) is 8.42 Å². The molecule has 1 aromatic carbocycles. The summed E-state index contributed by atoms with van der Waals surface area (Å²) in [4.78, 5) is 6.43. The summed E-state index contributed by atoms with van der Waals surface area (Å²) in [6, 6.07) is 10.5. The summed E-state index contributed by atoms with van der Waals surface area (Å²) in [5, 5.41) is 0.270. The molecule has 1 aliphatic heterocycles. The molecule has 0 unspecified atom stereocenters. The molecule has 2 aromatic rings. The van der Waals surface area contributed by atoms with Crippen molar-refractivity contribution in [2.24, 2.45) is 0 Å². The van der Waals surface area contributed by atoms with Crippen LogP contribution in [0.15, 0.2) is 53.7 Å². The number of piperazine rings is 1. The number of sulfonamides is 1. The Morgan fingerprint density at radius 1 is 0.960 bits per heavy atom. The zero-order chi connectivity index (χ0) is 16.3. The molecule has 0 aliphatic carbocycles. The predicted octanol–water partition coefficient (Wildman–Crippen LogP) is 3.09. The Kier molecular flexibility index (Phi) is 8.60. The first-order chi connectivity index (χ1) is 11.1. The summed E-state index contributed by atoms with van der Waals surface area (Å²) < 4.78 is 26.9. The molecule has 1 saturated heterocycles. The van der Waals surface area contributed by atoms with Crippen LogP contribution in [0.25, 0.3) is 0 Å². The van der Waals surface area contributed by atoms with Crippen LogP contribution in [-0.2, 0) is 16.6 Å². The zero-order valence-electron chi connectivity index (χ0n) is 13.4. The molecule has 1 aromatic heterocycles. The lowest BCUT2D eigenvalue weighted by atomic mass is 10.2. The van der Waals surface area contributed by atoms with Crippen LogP contribution in [0.3, 0.4) is 0 Å². The second-order valence-corrected chi connectivity index (χ2v) is 7.78. The quantitative estimate of drug-likeness (QED) is 0.757. The van der Waals surface area contributed by atoms with Gasteiger partial charge in [0.2, 0.25) is 10.0 Å². The summed E-state index contributed by atoms with van der Waals surface area (Å²) in [5.74, 6) is 0. The Bertz CT molecular complexity index is 767. The maximum absolute atomic E-state index is 12.7. The van der Waals surface area contributed by atoms with Crippen LogP contribution in [0.5, 0.6) is 0 Å². The second-order valence-electron chi connectivity index (χ2n) is 5.47. The molecule has 2 heterocycles. The Hall–Kier alpha value is -0.890. The van der Waals surface area contributed by atoms with Crippen molar-refractivity contribution in [2.45, 2.75) is 11.4 Å². The number of aromatic nitrogens is 1. The number of pyridine rings is 1. The van der Waals surface area contributed by atoms with E-state index in [1.807, 2.05) is 12.1 Å². The first kappa shape index (κ1) is 22.2. The maximum Gasteiger partial charge on any atom is 0.244 e. The minimum Gasteiger partial charge on any atom is -0.296 e. The zero-order valence-corrected chi connectivity index (χ0v) is 16.6. The van der Waals surface area contributed by atoms with Gasteiger partial charge in [0.25, 0.3) is 0 Å². The summed E-state index contributed by atoms with van der Waals surface area (Å²) in [6.45, 7) is 3.15. The molecule has 0 spiro atoms. The van der Waals surface area contributed by atoms with Crippen LogP contribution in [0.2, 0.25) is 5.02 Å². The number of nitrogens with zero attached hydrogens (tertiary/aromatic N) is 3. The highest BCUT2D eigenvalue weighted by molar-refractivity contribution is 7.89. The van der Waals surface area contributed by atoms with Crippen molar-refractivity contribution in [3.63, 3.8) is 0 Å². The normalized spacial score (nSPS) is 15.9. The SMILES string of the molecule is Cl.Cl.O=S(=O)(c1ccccc1Cl)N1CCN(Cc2ccncc2)CC1. The van der Waals surface area contributed by atoms with E-state index in [1.165, 1.54) is 9.87 Å². The molecule has 0 saturated carbocycles. The van der Waals surface area contributed by atoms with Crippen molar-refractivity contribution in [3.05, 3.63) is 59.4 Å². The molecule has 25 heavy (non-hydrogen) atoms. The average molecular weight is 425 g/mol. The molecule has 0 N–H and O–H groups in total. The van der Waals surface area contributed by atoms with Gasteiger partial charge < -0.3 is 0 Å². The van der Waals surface area contributed by atoms with Gasteiger partial charge in [-0.3, -0.25) is 9.88 Å². The summed E-state index contributed by atoms with van der Waals surface area (Å²) in [7, 11) is -3.52. The van der Waals surface area contributed by atoms with Crippen molar-refractivity contribution in [1.82, 2.24) is 14.2 Å². The molecule has 3 rings (SSSR count). The van der Waals surface area contributed by atoms with E-state index in [4.69, 9.17) is 11.6 Å². The Morgan fingerprint density at radius 2 is 1.56 bits per heavy atom. The molecule has 0 atom stereocenters. The standard InChI is InChI=1S/C16H18ClN3O2S.2ClH/c17-15-3-1-2-4-16(15)23(21,22)20-11-9-19(10-12-20)13-14-5-7-18-8-6-14;;/h1-8H,9-13H2;2*1H. The Morgan fingerprint density at radius 3 is 2.16 bits per heavy atom. The van der Waals surface area contributed by atoms with E-state index in [9.17, 15) is 8.42 Å². The van der Waals surface area contributed by atoms with Gasteiger partial charge in [0.1, 0.15) is 4.90 Å². The fourth-order valence-corrected chi connectivity index (χ4v) is 4.58. The van der Waals surface area contributed by atoms with E-state index in [2.05, 4.69) is 9.88 Å². The van der Waals surface area contributed by atoms with Crippen molar-refractivity contribution in [1.29, 1.82) is 0 Å². The lowest BCUT2D eigenvalue weighted by Gasteiger charge is -2.34. The second kappa shape index (κ2) is 9.71. The highest BCUT2D eigenvalue weighted by atomic mass is 35.5. The average Bonchev–Trinajstić information content (AvgIpc) is 2.56. The van der Waals surface area contributed by atoms with Crippen LogP contribution in [0, 0.1) is 0 Å². The van der Waals surface area contributed by atoms with Crippen LogP contribution in [0.4, 0.5) is 0 Å². The largest absolute Gasteiger partial charge is 0.296 e. The lowest BCUT2D eigenvalue weighted by molar-refractivity contribution is 0.181. The topological polar surface area (TPSA) is 53.5 Å². The Labute approximate surface area is 165 Å². The van der Waals surface area contributed by atoms with Crippen LogP contribution in [-0.4, -0.2) is 48.8 Å². The lowest BCUT2D eigenvalue weighted by Crippen LogP contribution is -2.48. The number of benzene rings is 1. The highest BCUT2D eigenvalue weighted by Crippen LogP contribution is 2.25. The highest BCUT2D eigenvalue weighted by Gasteiger charge is 2.29. The number of hydrogen-bond acceptors (Lipinski definition) is 4. The fraction of sp³-hybridized carbons (Fsp3) is 0.312. The molecule has 0 bridgehead atoms. The van der Waals surface area contributed by atoms with Gasteiger partial charge in [-0.05, 0) is 29.8 Å². The summed E-state index contributed by atoms with van der Waals surface area (Å²) in [5.41, 5.74) is 1.18. The minimum absolute atomic E-state index is 0. The molecular weight excluding hydrogens is 405 g/mol. The Balaban J connectivity index is 0.00000156. The first-order valence-corrected chi connectivity index (χ1v) is 9.25. The van der Waals surface area contributed by atoms with Gasteiger partial charge in [0, 0.05) is 45.1 Å². The van der Waals surface area contributed by atoms with Crippen molar-refractivity contribution in [2.75, 3.05) is 26.2 Å². The molecule has 0 radical (unpaired) electrons. The fourth-order valence-electron chi connectivity index (χ4n) is 2.67. The molecule has 1 aliphatic rings. The minimum atomic E-state index is -3.52. The molecule has 9 heteroatoms. The van der Waals surface area contributed by atoms with E-state index in [0.717, 1.165) is 6.54 Å². The van der Waals surface area contributed by atoms with E-state index >= 15 is 0 Å². The van der Waals surface area contributed by atoms with E-state index in [0.29, 0.717) is 26.2 Å². The predicted molar refractivity (Wildman–Crippen MR) is 104 cm³/mol. The number of halogens is 3. The number of rotatable bonds is 4. The summed E-state index contributed by atoms with van der Waals surface area (Å²) >= 11 is 6.04. The van der Waals surface area contributed by atoms with Gasteiger partial charge in [-0.1, -0.05) is 23.7 Å². The molecule has 0 amide bonds. The van der Waals surface area contributed by atoms with Crippen LogP contribution in [0.1, 0.15) is 5.56 Å². The molecule has 5 nitrogen and oxygen atoms in total. The summed E-state index contributed by atoms with van der Waals surface area (Å²) in [6.07, 6.45) is 3.54. The van der Waals surface area contributed by atoms with Gasteiger partial charge in [-0.2, -0.15) is 4.31 Å². The van der Waals surface area contributed by atoms with Gasteiger partial charge in [-0.15, -0.1) is 24.8 Å². The third-order valence-electron chi connectivity index (χ3n) is 3.94.